The highest BCUT2D eigenvalue weighted by Crippen LogP contribution is 2.15. The summed E-state index contributed by atoms with van der Waals surface area (Å²) < 4.78 is 17.3. The third-order valence-corrected chi connectivity index (χ3v) is 10.6. The van der Waals surface area contributed by atoms with Gasteiger partial charge in [0, 0.05) is 19.3 Å². The topological polar surface area (TPSA) is 99.1 Å². The predicted octanol–water partition coefficient (Wildman–Crippen LogP) is 12.9. The van der Waals surface area contributed by atoms with E-state index in [1.165, 1.54) is 135 Å². The standard InChI is InChI=1S/C48H89NO7/c1-6-8-10-12-14-16-17-18-19-20-21-22-23-24-25-26-27-28-29-31-33-35-37-39-47(51)56-44(42-54-41-40-45(48(52)53)49(3,4)5)43-55-46(50)38-36-34-32-30-15-13-11-9-7-2/h17-18,20-21,44-45H,6-16,19,22-43H2,1-5H3/p+1/b18-17-,21-20-. The molecule has 328 valence electrons. The molecule has 0 aliphatic heterocycles. The Labute approximate surface area is 345 Å². The van der Waals surface area contributed by atoms with Crippen LogP contribution in [0.5, 0.6) is 0 Å². The summed E-state index contributed by atoms with van der Waals surface area (Å²) in [4.78, 5) is 36.9. The van der Waals surface area contributed by atoms with Crippen molar-refractivity contribution in [1.82, 2.24) is 0 Å². The van der Waals surface area contributed by atoms with Crippen molar-refractivity contribution in [2.45, 2.75) is 225 Å². The fourth-order valence-corrected chi connectivity index (χ4v) is 6.95. The Balaban J connectivity index is 4.17. The van der Waals surface area contributed by atoms with Gasteiger partial charge in [-0.15, -0.1) is 0 Å². The van der Waals surface area contributed by atoms with E-state index in [-0.39, 0.29) is 36.2 Å². The highest BCUT2D eigenvalue weighted by Gasteiger charge is 2.31. The van der Waals surface area contributed by atoms with Crippen LogP contribution in [0.2, 0.25) is 0 Å². The van der Waals surface area contributed by atoms with Crippen LogP contribution in [0.25, 0.3) is 0 Å². The van der Waals surface area contributed by atoms with E-state index in [0.717, 1.165) is 44.9 Å². The molecule has 56 heavy (non-hydrogen) atoms. The van der Waals surface area contributed by atoms with Gasteiger partial charge in [-0.3, -0.25) is 9.59 Å². The average molecular weight is 793 g/mol. The van der Waals surface area contributed by atoms with Gasteiger partial charge < -0.3 is 23.8 Å². The SMILES string of the molecule is CCCCCCC/C=C\C/C=C\CCCCCCCCCCCCCC(=O)OC(COCCC(C(=O)O)[N+](C)(C)C)COC(=O)CCCCCCCCCCC. The summed E-state index contributed by atoms with van der Waals surface area (Å²) in [7, 11) is 5.53. The third kappa shape index (κ3) is 37.4. The molecule has 0 saturated carbocycles. The number of aliphatic carboxylic acids is 1. The lowest BCUT2D eigenvalue weighted by molar-refractivity contribution is -0.887. The van der Waals surface area contributed by atoms with Gasteiger partial charge in [0.2, 0.25) is 0 Å². The number of allylic oxidation sites excluding steroid dienone is 4. The van der Waals surface area contributed by atoms with E-state index in [9.17, 15) is 19.5 Å². The molecule has 2 atom stereocenters. The molecule has 0 fully saturated rings. The molecule has 0 aromatic carbocycles. The number of nitrogens with zero attached hydrogens (tertiary/aromatic N) is 1. The maximum Gasteiger partial charge on any atom is 0.362 e. The fourth-order valence-electron chi connectivity index (χ4n) is 6.95. The first-order valence-electron chi connectivity index (χ1n) is 23.4. The first-order valence-corrected chi connectivity index (χ1v) is 23.4. The molecule has 0 aromatic rings. The molecule has 2 unspecified atom stereocenters. The normalized spacial score (nSPS) is 13.1. The number of esters is 2. The number of carbonyl (C=O) groups excluding carboxylic acids is 2. The minimum absolute atomic E-state index is 0.0477. The summed E-state index contributed by atoms with van der Waals surface area (Å²) in [6.07, 6.45) is 43.7. The molecule has 0 aliphatic carbocycles. The van der Waals surface area contributed by atoms with Gasteiger partial charge in [0.05, 0.1) is 34.4 Å². The van der Waals surface area contributed by atoms with Gasteiger partial charge in [0.25, 0.3) is 0 Å². The molecule has 1 N–H and O–H groups in total. The van der Waals surface area contributed by atoms with Crippen molar-refractivity contribution < 1.29 is 38.2 Å². The van der Waals surface area contributed by atoms with Crippen molar-refractivity contribution in [3.63, 3.8) is 0 Å². The van der Waals surface area contributed by atoms with Gasteiger partial charge in [0.15, 0.2) is 12.1 Å². The number of hydrogen-bond acceptors (Lipinski definition) is 6. The summed E-state index contributed by atoms with van der Waals surface area (Å²) >= 11 is 0. The zero-order chi connectivity index (χ0) is 41.4. The van der Waals surface area contributed by atoms with E-state index in [2.05, 4.69) is 38.2 Å². The maximum atomic E-state index is 12.7. The Morgan fingerprint density at radius 3 is 1.38 bits per heavy atom. The van der Waals surface area contributed by atoms with E-state index >= 15 is 0 Å². The summed E-state index contributed by atoms with van der Waals surface area (Å²) in [5.74, 6) is -1.46. The second-order valence-corrected chi connectivity index (χ2v) is 17.0. The second-order valence-electron chi connectivity index (χ2n) is 17.0. The summed E-state index contributed by atoms with van der Waals surface area (Å²) in [5, 5.41) is 9.61. The molecule has 0 spiro atoms. The zero-order valence-corrected chi connectivity index (χ0v) is 37.3. The highest BCUT2D eigenvalue weighted by atomic mass is 16.6. The summed E-state index contributed by atoms with van der Waals surface area (Å²) in [6, 6.07) is -0.611. The van der Waals surface area contributed by atoms with Crippen LogP contribution in [0.4, 0.5) is 0 Å². The Hall–Kier alpha value is -2.19. The van der Waals surface area contributed by atoms with Gasteiger partial charge in [0.1, 0.15) is 6.61 Å². The summed E-state index contributed by atoms with van der Waals surface area (Å²) in [6.45, 7) is 4.72. The van der Waals surface area contributed by atoms with Gasteiger partial charge in [-0.2, -0.15) is 0 Å². The van der Waals surface area contributed by atoms with E-state index in [1.807, 2.05) is 21.1 Å². The molecular weight excluding hydrogens is 703 g/mol. The Kier molecular flexibility index (Phi) is 38.1. The quantitative estimate of drug-likeness (QED) is 0.0284. The van der Waals surface area contributed by atoms with Crippen molar-refractivity contribution >= 4 is 17.9 Å². The molecule has 8 nitrogen and oxygen atoms in total. The van der Waals surface area contributed by atoms with Crippen LogP contribution in [0.3, 0.4) is 0 Å². The Morgan fingerprint density at radius 2 is 0.946 bits per heavy atom. The van der Waals surface area contributed by atoms with Gasteiger partial charge in [-0.25, -0.2) is 4.79 Å². The predicted molar refractivity (Wildman–Crippen MR) is 234 cm³/mol. The first kappa shape index (κ1) is 53.8. The minimum Gasteiger partial charge on any atom is -0.477 e. The zero-order valence-electron chi connectivity index (χ0n) is 37.3. The van der Waals surface area contributed by atoms with E-state index in [4.69, 9.17) is 14.2 Å². The molecule has 0 rings (SSSR count). The van der Waals surface area contributed by atoms with Gasteiger partial charge in [-0.05, 0) is 44.9 Å². The molecule has 0 heterocycles. The number of carbonyl (C=O) groups is 3. The van der Waals surface area contributed by atoms with Crippen molar-refractivity contribution in [3.05, 3.63) is 24.3 Å². The van der Waals surface area contributed by atoms with Crippen LogP contribution in [-0.4, -0.2) is 80.6 Å². The summed E-state index contributed by atoms with van der Waals surface area (Å²) in [5.41, 5.74) is 0. The van der Waals surface area contributed by atoms with Crippen molar-refractivity contribution in [2.75, 3.05) is 41.0 Å². The molecule has 0 saturated heterocycles. The van der Waals surface area contributed by atoms with Crippen molar-refractivity contribution in [2.24, 2.45) is 0 Å². The number of ether oxygens (including phenoxy) is 3. The van der Waals surface area contributed by atoms with Crippen molar-refractivity contribution in [3.8, 4) is 0 Å². The molecule has 0 radical (unpaired) electrons. The van der Waals surface area contributed by atoms with Crippen LogP contribution in [0.15, 0.2) is 24.3 Å². The Bertz CT molecular complexity index is 973. The van der Waals surface area contributed by atoms with E-state index in [1.54, 1.807) is 0 Å². The van der Waals surface area contributed by atoms with Crippen LogP contribution in [0, 0.1) is 0 Å². The number of carboxylic acids is 1. The molecular formula is C48H90NO7+. The lowest BCUT2D eigenvalue weighted by atomic mass is 10.0. The largest absolute Gasteiger partial charge is 0.477 e. The lowest BCUT2D eigenvalue weighted by Gasteiger charge is -2.31. The second kappa shape index (κ2) is 39.6. The Morgan fingerprint density at radius 1 is 0.536 bits per heavy atom. The van der Waals surface area contributed by atoms with Gasteiger partial charge in [-0.1, -0.05) is 173 Å². The fraction of sp³-hybridized carbons (Fsp3) is 0.854. The van der Waals surface area contributed by atoms with Gasteiger partial charge >= 0.3 is 17.9 Å². The van der Waals surface area contributed by atoms with E-state index in [0.29, 0.717) is 19.3 Å². The monoisotopic (exact) mass is 793 g/mol. The molecule has 8 heteroatoms. The highest BCUT2D eigenvalue weighted by molar-refractivity contribution is 5.72. The number of carboxylic acid groups (broad SMARTS) is 1. The average Bonchev–Trinajstić information content (AvgIpc) is 3.15. The molecule has 0 aromatic heterocycles. The third-order valence-electron chi connectivity index (χ3n) is 10.6. The molecule has 0 aliphatic rings. The number of unbranched alkanes of at least 4 members (excludes halogenated alkanes) is 24. The maximum absolute atomic E-state index is 12.7. The minimum atomic E-state index is -0.874. The van der Waals surface area contributed by atoms with Crippen LogP contribution in [0.1, 0.15) is 213 Å². The molecule has 0 bridgehead atoms. The number of likely N-dealkylation sites (N-methyl/N-ethyl adjacent to an activating group) is 1. The van der Waals surface area contributed by atoms with E-state index < -0.39 is 18.1 Å². The van der Waals surface area contributed by atoms with Crippen LogP contribution >= 0.6 is 0 Å². The number of rotatable bonds is 42. The first-order chi connectivity index (χ1) is 27.1. The number of quaternary nitrogens is 1. The van der Waals surface area contributed by atoms with Crippen LogP contribution in [-0.2, 0) is 28.6 Å². The smallest absolute Gasteiger partial charge is 0.362 e. The lowest BCUT2D eigenvalue weighted by Crippen LogP contribution is -2.50. The number of hydrogen-bond donors (Lipinski definition) is 1. The molecule has 0 amide bonds. The van der Waals surface area contributed by atoms with Crippen LogP contribution < -0.4 is 0 Å². The van der Waals surface area contributed by atoms with Crippen molar-refractivity contribution in [1.29, 1.82) is 0 Å².